The molecule has 1 atom stereocenters. The number of benzene rings is 2. The van der Waals surface area contributed by atoms with Crippen LogP contribution in [0.2, 0.25) is 0 Å². The minimum absolute atomic E-state index is 0.0750. The van der Waals surface area contributed by atoms with E-state index < -0.39 is 29.6 Å². The zero-order valence-corrected chi connectivity index (χ0v) is 12.3. The molecular weight excluding hydrogens is 318 g/mol. The van der Waals surface area contributed by atoms with Gasteiger partial charge in [0.25, 0.3) is 5.91 Å². The third-order valence-corrected chi connectivity index (χ3v) is 3.22. The van der Waals surface area contributed by atoms with Gasteiger partial charge >= 0.3 is 5.97 Å². The number of nitrogens with zero attached hydrogens (tertiary/aromatic N) is 1. The molecule has 1 amide bonds. The summed E-state index contributed by atoms with van der Waals surface area (Å²) in [7, 11) is 0. The number of hydrogen-bond donors (Lipinski definition) is 2. The second kappa shape index (κ2) is 7.33. The van der Waals surface area contributed by atoms with Crippen LogP contribution in [0.4, 0.5) is 8.78 Å². The van der Waals surface area contributed by atoms with Crippen molar-refractivity contribution in [2.75, 3.05) is 0 Å². The highest BCUT2D eigenvalue weighted by atomic mass is 19.1. The number of carbonyl (C=O) groups is 2. The number of nitrogens with one attached hydrogen (secondary N) is 1. The van der Waals surface area contributed by atoms with Crippen molar-refractivity contribution in [2.24, 2.45) is 0 Å². The number of carboxylic acid groups (broad SMARTS) is 1. The summed E-state index contributed by atoms with van der Waals surface area (Å²) in [6.45, 7) is 0. The average molecular weight is 330 g/mol. The molecule has 24 heavy (non-hydrogen) atoms. The summed E-state index contributed by atoms with van der Waals surface area (Å²) in [6.07, 6.45) is -0.0750. The van der Waals surface area contributed by atoms with E-state index in [0.29, 0.717) is 17.2 Å². The highest BCUT2D eigenvalue weighted by Gasteiger charge is 2.22. The van der Waals surface area contributed by atoms with Crippen LogP contribution in [0.1, 0.15) is 21.5 Å². The predicted octanol–water partition coefficient (Wildman–Crippen LogP) is 2.26. The smallest absolute Gasteiger partial charge is 0.326 e. The van der Waals surface area contributed by atoms with Gasteiger partial charge in [-0.2, -0.15) is 5.26 Å². The number of carboxylic acids is 1. The fourth-order valence-electron chi connectivity index (χ4n) is 2.13. The molecule has 0 aliphatic heterocycles. The Balaban J connectivity index is 2.17. The fourth-order valence-corrected chi connectivity index (χ4v) is 2.13. The maximum atomic E-state index is 13.1. The number of nitriles is 1. The molecule has 5 nitrogen and oxygen atoms in total. The lowest BCUT2D eigenvalue weighted by Crippen LogP contribution is -2.42. The van der Waals surface area contributed by atoms with E-state index in [2.05, 4.69) is 5.32 Å². The van der Waals surface area contributed by atoms with Crippen molar-refractivity contribution in [3.8, 4) is 6.07 Å². The van der Waals surface area contributed by atoms with Gasteiger partial charge in [-0.15, -0.1) is 0 Å². The van der Waals surface area contributed by atoms with E-state index in [1.807, 2.05) is 6.07 Å². The number of rotatable bonds is 5. The van der Waals surface area contributed by atoms with E-state index >= 15 is 0 Å². The van der Waals surface area contributed by atoms with Gasteiger partial charge in [-0.05, 0) is 29.8 Å². The molecule has 0 radical (unpaired) electrons. The Morgan fingerprint density at radius 2 is 1.83 bits per heavy atom. The quantitative estimate of drug-likeness (QED) is 0.880. The summed E-state index contributed by atoms with van der Waals surface area (Å²) in [6, 6.07) is 9.14. The van der Waals surface area contributed by atoms with Crippen molar-refractivity contribution >= 4 is 11.9 Å². The minimum Gasteiger partial charge on any atom is -0.480 e. The topological polar surface area (TPSA) is 90.2 Å². The molecule has 2 aromatic rings. The minimum atomic E-state index is -1.31. The van der Waals surface area contributed by atoms with Crippen LogP contribution in [-0.2, 0) is 11.2 Å². The molecular formula is C17H12F2N2O3. The lowest BCUT2D eigenvalue weighted by atomic mass is 10.0. The molecule has 7 heteroatoms. The van der Waals surface area contributed by atoms with Gasteiger partial charge in [0.2, 0.25) is 0 Å². The number of carbonyl (C=O) groups excluding carboxylic acids is 1. The summed E-state index contributed by atoms with van der Waals surface area (Å²) in [5.41, 5.74) is 0.576. The summed E-state index contributed by atoms with van der Waals surface area (Å²) >= 11 is 0. The van der Waals surface area contributed by atoms with Crippen LogP contribution in [0.15, 0.2) is 42.5 Å². The lowest BCUT2D eigenvalue weighted by Gasteiger charge is -2.15. The SMILES string of the molecule is N#Cc1cccc(C[C@@H](NC(=O)c2cc(F)cc(F)c2)C(=O)O)c1. The summed E-state index contributed by atoms with van der Waals surface area (Å²) in [5, 5.41) is 20.3. The van der Waals surface area contributed by atoms with Gasteiger partial charge in [-0.25, -0.2) is 13.6 Å². The largest absolute Gasteiger partial charge is 0.480 e. The van der Waals surface area contributed by atoms with Crippen molar-refractivity contribution in [1.29, 1.82) is 5.26 Å². The van der Waals surface area contributed by atoms with Crippen LogP contribution in [0.25, 0.3) is 0 Å². The average Bonchev–Trinajstić information content (AvgIpc) is 2.53. The van der Waals surface area contributed by atoms with Crippen LogP contribution in [0, 0.1) is 23.0 Å². The molecule has 0 heterocycles. The van der Waals surface area contributed by atoms with Gasteiger partial charge in [0.05, 0.1) is 11.6 Å². The van der Waals surface area contributed by atoms with Crippen molar-refractivity contribution in [1.82, 2.24) is 5.32 Å². The predicted molar refractivity (Wildman–Crippen MR) is 80.1 cm³/mol. The molecule has 0 unspecified atom stereocenters. The molecule has 2 N–H and O–H groups in total. The van der Waals surface area contributed by atoms with E-state index in [-0.39, 0.29) is 12.0 Å². The van der Waals surface area contributed by atoms with Crippen LogP contribution < -0.4 is 5.32 Å². The number of hydrogen-bond acceptors (Lipinski definition) is 3. The Labute approximate surface area is 136 Å². The number of halogens is 2. The van der Waals surface area contributed by atoms with Crippen molar-refractivity contribution < 1.29 is 23.5 Å². The molecule has 0 aromatic heterocycles. The fraction of sp³-hybridized carbons (Fsp3) is 0.118. The second-order valence-electron chi connectivity index (χ2n) is 5.04. The molecule has 0 aliphatic rings. The van der Waals surface area contributed by atoms with Crippen molar-refractivity contribution in [2.45, 2.75) is 12.5 Å². The Hall–Kier alpha value is -3.27. The van der Waals surface area contributed by atoms with Crippen molar-refractivity contribution in [3.05, 3.63) is 70.8 Å². The number of amides is 1. The second-order valence-corrected chi connectivity index (χ2v) is 5.04. The highest BCUT2D eigenvalue weighted by Crippen LogP contribution is 2.10. The van der Waals surface area contributed by atoms with Gasteiger partial charge < -0.3 is 10.4 Å². The molecule has 0 fully saturated rings. The molecule has 2 aromatic carbocycles. The molecule has 122 valence electrons. The first kappa shape index (κ1) is 17.1. The van der Waals surface area contributed by atoms with Crippen LogP contribution in [-0.4, -0.2) is 23.0 Å². The molecule has 0 saturated heterocycles. The standard InChI is InChI=1S/C17H12F2N2O3/c18-13-6-12(7-14(19)8-13)16(22)21-15(17(23)24)5-10-2-1-3-11(4-10)9-20/h1-4,6-8,15H,5H2,(H,21,22)(H,23,24)/t15-/m1/s1. The Kier molecular flexibility index (Phi) is 5.22. The third kappa shape index (κ3) is 4.36. The van der Waals surface area contributed by atoms with E-state index in [9.17, 15) is 23.5 Å². The molecule has 0 spiro atoms. The van der Waals surface area contributed by atoms with Crippen LogP contribution >= 0.6 is 0 Å². The van der Waals surface area contributed by atoms with Gasteiger partial charge in [-0.1, -0.05) is 12.1 Å². The summed E-state index contributed by atoms with van der Waals surface area (Å²) < 4.78 is 26.3. The first-order valence-corrected chi connectivity index (χ1v) is 6.88. The third-order valence-electron chi connectivity index (χ3n) is 3.22. The highest BCUT2D eigenvalue weighted by molar-refractivity contribution is 5.96. The monoisotopic (exact) mass is 330 g/mol. The van der Waals surface area contributed by atoms with E-state index in [4.69, 9.17) is 5.26 Å². The molecule has 0 bridgehead atoms. The summed E-state index contributed by atoms with van der Waals surface area (Å²) in [4.78, 5) is 23.3. The van der Waals surface area contributed by atoms with Crippen molar-refractivity contribution in [3.63, 3.8) is 0 Å². The van der Waals surface area contributed by atoms with Gasteiger partial charge in [0.15, 0.2) is 0 Å². The lowest BCUT2D eigenvalue weighted by molar-refractivity contribution is -0.139. The van der Waals surface area contributed by atoms with Crippen LogP contribution in [0.5, 0.6) is 0 Å². The maximum absolute atomic E-state index is 13.1. The maximum Gasteiger partial charge on any atom is 0.326 e. The normalized spacial score (nSPS) is 11.4. The zero-order valence-electron chi connectivity index (χ0n) is 12.3. The number of aliphatic carboxylic acids is 1. The Morgan fingerprint density at radius 3 is 2.42 bits per heavy atom. The van der Waals surface area contributed by atoms with Crippen LogP contribution in [0.3, 0.4) is 0 Å². The Morgan fingerprint density at radius 1 is 1.17 bits per heavy atom. The first-order chi connectivity index (χ1) is 11.4. The van der Waals surface area contributed by atoms with E-state index in [0.717, 1.165) is 12.1 Å². The zero-order chi connectivity index (χ0) is 17.7. The summed E-state index contributed by atoms with van der Waals surface area (Å²) in [5.74, 6) is -4.08. The molecule has 2 rings (SSSR count). The Bertz CT molecular complexity index is 811. The first-order valence-electron chi connectivity index (χ1n) is 6.88. The molecule has 0 saturated carbocycles. The van der Waals surface area contributed by atoms with E-state index in [1.54, 1.807) is 18.2 Å². The molecule has 0 aliphatic carbocycles. The van der Waals surface area contributed by atoms with Gasteiger partial charge in [0.1, 0.15) is 17.7 Å². The van der Waals surface area contributed by atoms with Gasteiger partial charge in [-0.3, -0.25) is 4.79 Å². The van der Waals surface area contributed by atoms with E-state index in [1.165, 1.54) is 6.07 Å². The van der Waals surface area contributed by atoms with Gasteiger partial charge in [0, 0.05) is 18.1 Å².